The van der Waals surface area contributed by atoms with Crippen molar-refractivity contribution in [2.75, 3.05) is 6.54 Å². The van der Waals surface area contributed by atoms with E-state index in [0.717, 1.165) is 0 Å². The molecule has 0 rings (SSSR count). The van der Waals surface area contributed by atoms with Gasteiger partial charge in [0, 0.05) is 13.0 Å². The Bertz CT molecular complexity index is 739. The number of nitrogens with one attached hydrogen (secondary N) is 3. The van der Waals surface area contributed by atoms with E-state index in [2.05, 4.69) is 20.9 Å². The molecule has 13 N–H and O–H groups in total. The fraction of sp³-hybridized carbons (Fsp3) is 0.667. The van der Waals surface area contributed by atoms with Crippen molar-refractivity contribution in [3.63, 3.8) is 0 Å². The molecule has 0 saturated heterocycles. The number of guanidine groups is 1. The molecule has 0 aromatic rings. The minimum absolute atomic E-state index is 0.0295. The second-order valence-electron chi connectivity index (χ2n) is 7.42. The Morgan fingerprint density at radius 2 is 1.52 bits per heavy atom. The van der Waals surface area contributed by atoms with Crippen molar-refractivity contribution in [3.05, 3.63) is 0 Å². The van der Waals surface area contributed by atoms with E-state index in [1.165, 1.54) is 13.8 Å². The van der Waals surface area contributed by atoms with E-state index in [9.17, 15) is 29.1 Å². The molecule has 5 unspecified atom stereocenters. The van der Waals surface area contributed by atoms with Gasteiger partial charge in [0.1, 0.15) is 12.1 Å². The average Bonchev–Trinajstić information content (AvgIpc) is 2.70. The van der Waals surface area contributed by atoms with Crippen molar-refractivity contribution in [1.82, 2.24) is 16.0 Å². The van der Waals surface area contributed by atoms with Gasteiger partial charge in [-0.15, -0.1) is 0 Å². The molecule has 15 nitrogen and oxygen atoms in total. The molecule has 0 aliphatic rings. The third kappa shape index (κ3) is 12.2. The normalized spacial score (nSPS) is 15.2. The van der Waals surface area contributed by atoms with E-state index in [-0.39, 0.29) is 38.2 Å². The summed E-state index contributed by atoms with van der Waals surface area (Å²) in [5, 5.41) is 25.4. The number of aliphatic carboxylic acids is 1. The van der Waals surface area contributed by atoms with Gasteiger partial charge in [0.2, 0.25) is 23.6 Å². The minimum Gasteiger partial charge on any atom is -0.480 e. The third-order valence-corrected chi connectivity index (χ3v) is 4.42. The van der Waals surface area contributed by atoms with Crippen LogP contribution in [0.15, 0.2) is 4.99 Å². The molecule has 0 saturated carbocycles. The van der Waals surface area contributed by atoms with Crippen LogP contribution in [0.5, 0.6) is 0 Å². The highest BCUT2D eigenvalue weighted by molar-refractivity contribution is 5.94. The second-order valence-corrected chi connectivity index (χ2v) is 7.42. The fourth-order valence-corrected chi connectivity index (χ4v) is 2.53. The monoisotopic (exact) mass is 474 g/mol. The van der Waals surface area contributed by atoms with Crippen LogP contribution in [0.4, 0.5) is 0 Å². The number of amides is 4. The number of carbonyl (C=O) groups is 5. The summed E-state index contributed by atoms with van der Waals surface area (Å²) in [5.74, 6) is -4.56. The maximum atomic E-state index is 12.7. The molecular formula is C18H34N8O7. The summed E-state index contributed by atoms with van der Waals surface area (Å²) >= 11 is 0. The minimum atomic E-state index is -1.57. The van der Waals surface area contributed by atoms with Crippen molar-refractivity contribution in [3.8, 4) is 0 Å². The number of carboxylic acid groups (broad SMARTS) is 1. The zero-order chi connectivity index (χ0) is 25.7. The summed E-state index contributed by atoms with van der Waals surface area (Å²) in [6.45, 7) is 2.65. The van der Waals surface area contributed by atoms with Crippen molar-refractivity contribution in [2.45, 2.75) is 69.8 Å². The number of aliphatic hydroxyl groups excluding tert-OH is 1. The van der Waals surface area contributed by atoms with Gasteiger partial charge in [-0.05, 0) is 33.1 Å². The standard InChI is InChI=1S/C18H34N8O7/c1-8(14(29)26-13(9(2)27)17(32)33)24-16(31)11(4-3-7-23-18(21)22)25-15(30)10(19)5-6-12(20)28/h8-11,13,27H,3-7,19H2,1-2H3,(H2,20,28)(H,24,31)(H,25,30)(H,26,29)(H,32,33)(H4,21,22,23). The molecule has 33 heavy (non-hydrogen) atoms. The molecule has 0 aromatic carbocycles. The lowest BCUT2D eigenvalue weighted by molar-refractivity contribution is -0.145. The number of carbonyl (C=O) groups excluding carboxylic acids is 4. The number of aliphatic imine (C=N–C) groups is 1. The quantitative estimate of drug-likeness (QED) is 0.0623. The van der Waals surface area contributed by atoms with Crippen molar-refractivity contribution < 1.29 is 34.2 Å². The topological polar surface area (TPSA) is 278 Å². The van der Waals surface area contributed by atoms with Gasteiger partial charge in [-0.25, -0.2) is 4.79 Å². The zero-order valence-electron chi connectivity index (χ0n) is 18.6. The Morgan fingerprint density at radius 1 is 0.909 bits per heavy atom. The van der Waals surface area contributed by atoms with Gasteiger partial charge in [-0.1, -0.05) is 0 Å². The summed E-state index contributed by atoms with van der Waals surface area (Å²) < 4.78 is 0. The summed E-state index contributed by atoms with van der Waals surface area (Å²) in [6.07, 6.45) is -1.16. The largest absolute Gasteiger partial charge is 0.480 e. The molecule has 188 valence electrons. The molecule has 0 spiro atoms. The molecule has 0 heterocycles. The second kappa shape index (κ2) is 14.6. The zero-order valence-corrected chi connectivity index (χ0v) is 18.6. The number of primary amides is 1. The lowest BCUT2D eigenvalue weighted by Gasteiger charge is -2.24. The third-order valence-electron chi connectivity index (χ3n) is 4.42. The van der Waals surface area contributed by atoms with Gasteiger partial charge in [0.25, 0.3) is 0 Å². The first kappa shape index (κ1) is 29.5. The van der Waals surface area contributed by atoms with Crippen LogP contribution in [-0.2, 0) is 24.0 Å². The Hall–Kier alpha value is -3.46. The van der Waals surface area contributed by atoms with Gasteiger partial charge in [-0.2, -0.15) is 0 Å². The van der Waals surface area contributed by atoms with E-state index in [0.29, 0.717) is 0 Å². The Balaban J connectivity index is 5.19. The summed E-state index contributed by atoms with van der Waals surface area (Å²) in [6, 6.07) is -5.00. The molecule has 0 radical (unpaired) electrons. The van der Waals surface area contributed by atoms with Crippen LogP contribution >= 0.6 is 0 Å². The average molecular weight is 475 g/mol. The van der Waals surface area contributed by atoms with Crippen molar-refractivity contribution in [1.29, 1.82) is 0 Å². The molecule has 15 heteroatoms. The van der Waals surface area contributed by atoms with Crippen LogP contribution in [0.3, 0.4) is 0 Å². The number of hydrogen-bond acceptors (Lipinski definition) is 8. The summed E-state index contributed by atoms with van der Waals surface area (Å²) in [4.78, 5) is 63.0. The van der Waals surface area contributed by atoms with Crippen LogP contribution < -0.4 is 38.9 Å². The van der Waals surface area contributed by atoms with Crippen LogP contribution in [0, 0.1) is 0 Å². The van der Waals surface area contributed by atoms with Gasteiger partial charge < -0.3 is 49.1 Å². The first-order chi connectivity index (χ1) is 15.3. The van der Waals surface area contributed by atoms with Gasteiger partial charge in [-0.3, -0.25) is 24.2 Å². The fourth-order valence-electron chi connectivity index (χ4n) is 2.53. The van der Waals surface area contributed by atoms with Crippen molar-refractivity contribution >= 4 is 35.6 Å². The van der Waals surface area contributed by atoms with E-state index in [1.807, 2.05) is 0 Å². The number of aliphatic hydroxyl groups is 1. The number of hydrogen-bond donors (Lipinski definition) is 9. The molecule has 5 atom stereocenters. The SMILES string of the molecule is CC(NC(=O)C(CCCN=C(N)N)NC(=O)C(N)CCC(N)=O)C(=O)NC(C(=O)O)C(C)O. The van der Waals surface area contributed by atoms with E-state index in [1.54, 1.807) is 0 Å². The predicted molar refractivity (Wildman–Crippen MR) is 117 cm³/mol. The first-order valence-corrected chi connectivity index (χ1v) is 10.2. The lowest BCUT2D eigenvalue weighted by Crippen LogP contribution is -2.57. The Morgan fingerprint density at radius 3 is 2.00 bits per heavy atom. The van der Waals surface area contributed by atoms with E-state index >= 15 is 0 Å². The van der Waals surface area contributed by atoms with Crippen LogP contribution in [0.2, 0.25) is 0 Å². The molecule has 0 aliphatic carbocycles. The Kier molecular flexibility index (Phi) is 13.0. The van der Waals surface area contributed by atoms with Crippen molar-refractivity contribution in [2.24, 2.45) is 27.9 Å². The molecule has 0 bridgehead atoms. The molecule has 4 amide bonds. The van der Waals surface area contributed by atoms with Crippen LogP contribution in [-0.4, -0.2) is 82.6 Å². The lowest BCUT2D eigenvalue weighted by atomic mass is 10.1. The van der Waals surface area contributed by atoms with Crippen LogP contribution in [0.1, 0.15) is 39.5 Å². The highest BCUT2D eigenvalue weighted by atomic mass is 16.4. The number of nitrogens with zero attached hydrogens (tertiary/aromatic N) is 1. The molecule has 0 aromatic heterocycles. The van der Waals surface area contributed by atoms with Gasteiger partial charge >= 0.3 is 5.97 Å². The predicted octanol–water partition coefficient (Wildman–Crippen LogP) is -4.43. The Labute approximate surface area is 190 Å². The molecular weight excluding hydrogens is 440 g/mol. The number of rotatable bonds is 15. The number of carboxylic acids is 1. The number of nitrogens with two attached hydrogens (primary N) is 4. The summed E-state index contributed by atoms with van der Waals surface area (Å²) in [5.41, 5.74) is 21.3. The maximum absolute atomic E-state index is 12.7. The highest BCUT2D eigenvalue weighted by Crippen LogP contribution is 2.03. The summed E-state index contributed by atoms with van der Waals surface area (Å²) in [7, 11) is 0. The van der Waals surface area contributed by atoms with Crippen LogP contribution in [0.25, 0.3) is 0 Å². The van der Waals surface area contributed by atoms with Gasteiger partial charge in [0.15, 0.2) is 12.0 Å². The molecule has 0 aliphatic heterocycles. The highest BCUT2D eigenvalue weighted by Gasteiger charge is 2.30. The van der Waals surface area contributed by atoms with Gasteiger partial charge in [0.05, 0.1) is 12.1 Å². The smallest absolute Gasteiger partial charge is 0.328 e. The maximum Gasteiger partial charge on any atom is 0.328 e. The van der Waals surface area contributed by atoms with E-state index in [4.69, 9.17) is 28.0 Å². The first-order valence-electron chi connectivity index (χ1n) is 10.2. The molecule has 0 fully saturated rings. The van der Waals surface area contributed by atoms with E-state index < -0.39 is 59.9 Å².